The number of benzene rings is 2. The highest BCUT2D eigenvalue weighted by Crippen LogP contribution is 2.32. The Kier molecular flexibility index (Phi) is 6.48. The molecule has 0 radical (unpaired) electrons. The first-order valence-electron chi connectivity index (χ1n) is 9.53. The number of amides is 1. The first kappa shape index (κ1) is 21.9. The van der Waals surface area contributed by atoms with Crippen LogP contribution >= 0.6 is 23.1 Å². The van der Waals surface area contributed by atoms with Crippen LogP contribution in [0.15, 0.2) is 76.5 Å². The topological polar surface area (TPSA) is 64.0 Å². The van der Waals surface area contributed by atoms with Crippen LogP contribution in [-0.4, -0.2) is 21.2 Å². The van der Waals surface area contributed by atoms with Crippen LogP contribution in [0.3, 0.4) is 0 Å². The fraction of sp³-hybridized carbons (Fsp3) is 0.0870. The molecule has 0 spiro atoms. The number of carbonyl (C=O) groups excluding carboxylic acids is 1. The molecular weight excluding hydrogens is 452 g/mol. The first-order valence-corrected chi connectivity index (χ1v) is 11.4. The van der Waals surface area contributed by atoms with Crippen molar-refractivity contribution in [2.75, 3.05) is 11.1 Å². The van der Waals surface area contributed by atoms with Gasteiger partial charge in [0.25, 0.3) is 5.56 Å². The van der Waals surface area contributed by atoms with Gasteiger partial charge in [0, 0.05) is 23.2 Å². The molecule has 32 heavy (non-hydrogen) atoms. The van der Waals surface area contributed by atoms with Crippen LogP contribution in [0.5, 0.6) is 0 Å². The zero-order valence-corrected chi connectivity index (χ0v) is 18.3. The van der Waals surface area contributed by atoms with Crippen LogP contribution in [0.1, 0.15) is 0 Å². The molecule has 1 N–H and O–H groups in total. The Morgan fingerprint density at radius 1 is 1.12 bits per heavy atom. The summed E-state index contributed by atoms with van der Waals surface area (Å²) in [5.74, 6) is -1.03. The van der Waals surface area contributed by atoms with E-state index in [0.29, 0.717) is 26.6 Å². The van der Waals surface area contributed by atoms with E-state index in [1.165, 1.54) is 52.3 Å². The van der Waals surface area contributed by atoms with Crippen LogP contribution in [0.4, 0.5) is 14.5 Å². The number of thiophene rings is 1. The Morgan fingerprint density at radius 3 is 2.44 bits per heavy atom. The fourth-order valence-electron chi connectivity index (χ4n) is 3.11. The average Bonchev–Trinajstić information content (AvgIpc) is 3.21. The summed E-state index contributed by atoms with van der Waals surface area (Å²) in [6.45, 7) is 3.93. The Labute approximate surface area is 190 Å². The van der Waals surface area contributed by atoms with Crippen molar-refractivity contribution in [3.63, 3.8) is 0 Å². The zero-order valence-electron chi connectivity index (χ0n) is 16.7. The van der Waals surface area contributed by atoms with Crippen LogP contribution in [-0.2, 0) is 11.3 Å². The number of nitrogens with zero attached hydrogens (tertiary/aromatic N) is 2. The molecule has 162 valence electrons. The van der Waals surface area contributed by atoms with E-state index in [9.17, 15) is 18.4 Å². The van der Waals surface area contributed by atoms with Crippen molar-refractivity contribution >= 4 is 44.9 Å². The van der Waals surface area contributed by atoms with E-state index in [-0.39, 0.29) is 35.4 Å². The minimum absolute atomic E-state index is 0.0165. The molecule has 0 saturated heterocycles. The smallest absolute Gasteiger partial charge is 0.263 e. The third-order valence-corrected chi connectivity index (χ3v) is 6.43. The molecular formula is C23H17F2N3O2S2. The van der Waals surface area contributed by atoms with Gasteiger partial charge in [-0.3, -0.25) is 14.2 Å². The summed E-state index contributed by atoms with van der Waals surface area (Å²) >= 11 is 2.44. The van der Waals surface area contributed by atoms with Crippen LogP contribution in [0.25, 0.3) is 21.3 Å². The summed E-state index contributed by atoms with van der Waals surface area (Å²) in [6.07, 6.45) is 1.58. The van der Waals surface area contributed by atoms with Crippen molar-refractivity contribution in [3.05, 3.63) is 88.6 Å². The third kappa shape index (κ3) is 4.63. The lowest BCUT2D eigenvalue weighted by Gasteiger charge is -2.11. The van der Waals surface area contributed by atoms with Gasteiger partial charge in [0.05, 0.1) is 11.1 Å². The van der Waals surface area contributed by atoms with E-state index in [0.717, 1.165) is 17.3 Å². The number of hydrogen-bond donors (Lipinski definition) is 1. The molecule has 2 heterocycles. The lowest BCUT2D eigenvalue weighted by molar-refractivity contribution is -0.113. The fourth-order valence-corrected chi connectivity index (χ4v) is 4.91. The Balaban J connectivity index is 1.63. The maximum atomic E-state index is 13.3. The van der Waals surface area contributed by atoms with Crippen LogP contribution < -0.4 is 10.9 Å². The van der Waals surface area contributed by atoms with E-state index in [2.05, 4.69) is 16.9 Å². The molecule has 0 fully saturated rings. The Bertz CT molecular complexity index is 1350. The highest BCUT2D eigenvalue weighted by molar-refractivity contribution is 7.99. The number of anilines is 1. The number of nitrogens with one attached hydrogen (secondary N) is 1. The standard InChI is InChI=1S/C23H17F2N3O2S2/c1-2-11-28-22(30)20-18(14-3-5-15(24)6-4-14)12-31-21(20)27-23(28)32-13-19(29)26-17-9-7-16(25)8-10-17/h2-10,12H,1,11,13H2,(H,26,29). The van der Waals surface area contributed by atoms with Crippen molar-refractivity contribution in [2.45, 2.75) is 11.7 Å². The number of halogens is 2. The number of thioether (sulfide) groups is 1. The lowest BCUT2D eigenvalue weighted by Crippen LogP contribution is -2.23. The van der Waals surface area contributed by atoms with Gasteiger partial charge in [-0.1, -0.05) is 30.0 Å². The molecule has 0 bridgehead atoms. The van der Waals surface area contributed by atoms with Gasteiger partial charge in [0.2, 0.25) is 5.91 Å². The monoisotopic (exact) mass is 469 g/mol. The van der Waals surface area contributed by atoms with Crippen molar-refractivity contribution in [3.8, 4) is 11.1 Å². The minimum Gasteiger partial charge on any atom is -0.325 e. The SMILES string of the molecule is C=CCn1c(SCC(=O)Nc2ccc(F)cc2)nc2scc(-c3ccc(F)cc3)c2c1=O. The maximum Gasteiger partial charge on any atom is 0.263 e. The quantitative estimate of drug-likeness (QED) is 0.226. The lowest BCUT2D eigenvalue weighted by atomic mass is 10.1. The van der Waals surface area contributed by atoms with Gasteiger partial charge in [-0.15, -0.1) is 17.9 Å². The molecule has 9 heteroatoms. The Hall–Kier alpha value is -3.30. The summed E-state index contributed by atoms with van der Waals surface area (Å²) in [4.78, 5) is 30.7. The molecule has 2 aromatic heterocycles. The van der Waals surface area contributed by atoms with E-state index in [1.54, 1.807) is 18.2 Å². The first-order chi connectivity index (χ1) is 15.5. The van der Waals surface area contributed by atoms with Crippen LogP contribution in [0, 0.1) is 11.6 Å². The summed E-state index contributed by atoms with van der Waals surface area (Å²) in [7, 11) is 0. The molecule has 2 aromatic carbocycles. The molecule has 0 saturated carbocycles. The molecule has 1 amide bonds. The van der Waals surface area contributed by atoms with Crippen molar-refractivity contribution in [1.29, 1.82) is 0 Å². The van der Waals surface area contributed by atoms with E-state index < -0.39 is 0 Å². The summed E-state index contributed by atoms with van der Waals surface area (Å²) in [6, 6.07) is 11.4. The normalized spacial score (nSPS) is 10.9. The number of aromatic nitrogens is 2. The minimum atomic E-state index is -0.390. The van der Waals surface area contributed by atoms with Gasteiger partial charge in [0.15, 0.2) is 5.16 Å². The second-order valence-corrected chi connectivity index (χ2v) is 8.58. The van der Waals surface area contributed by atoms with Crippen molar-refractivity contribution < 1.29 is 13.6 Å². The number of rotatable bonds is 7. The number of fused-ring (bicyclic) bond motifs is 1. The molecule has 4 aromatic rings. The molecule has 0 unspecified atom stereocenters. The van der Waals surface area contributed by atoms with Gasteiger partial charge in [0.1, 0.15) is 16.5 Å². The predicted molar refractivity (Wildman–Crippen MR) is 125 cm³/mol. The molecule has 4 rings (SSSR count). The highest BCUT2D eigenvalue weighted by Gasteiger charge is 2.18. The number of allylic oxidation sites excluding steroid dienone is 1. The highest BCUT2D eigenvalue weighted by atomic mass is 32.2. The number of hydrogen-bond acceptors (Lipinski definition) is 5. The molecule has 0 aliphatic rings. The zero-order chi connectivity index (χ0) is 22.7. The van der Waals surface area contributed by atoms with E-state index in [4.69, 9.17) is 0 Å². The van der Waals surface area contributed by atoms with Gasteiger partial charge in [-0.2, -0.15) is 0 Å². The predicted octanol–water partition coefficient (Wildman–Crippen LogP) is 5.32. The van der Waals surface area contributed by atoms with Crippen molar-refractivity contribution in [2.24, 2.45) is 0 Å². The maximum absolute atomic E-state index is 13.3. The van der Waals surface area contributed by atoms with Gasteiger partial charge in [-0.25, -0.2) is 13.8 Å². The molecule has 0 atom stereocenters. The average molecular weight is 470 g/mol. The van der Waals surface area contributed by atoms with Gasteiger partial charge >= 0.3 is 0 Å². The van der Waals surface area contributed by atoms with Gasteiger partial charge < -0.3 is 5.32 Å². The summed E-state index contributed by atoms with van der Waals surface area (Å²) in [5.41, 5.74) is 1.63. The second kappa shape index (κ2) is 9.46. The summed E-state index contributed by atoms with van der Waals surface area (Å²) in [5, 5.41) is 5.34. The van der Waals surface area contributed by atoms with Gasteiger partial charge in [-0.05, 0) is 42.0 Å². The Morgan fingerprint density at radius 2 is 1.78 bits per heavy atom. The molecule has 0 aliphatic carbocycles. The van der Waals surface area contributed by atoms with Crippen molar-refractivity contribution in [1.82, 2.24) is 9.55 Å². The van der Waals surface area contributed by atoms with Crippen LogP contribution in [0.2, 0.25) is 0 Å². The third-order valence-electron chi connectivity index (χ3n) is 4.59. The number of carbonyl (C=O) groups is 1. The van der Waals surface area contributed by atoms with E-state index >= 15 is 0 Å². The molecule has 5 nitrogen and oxygen atoms in total. The molecule has 0 aliphatic heterocycles. The summed E-state index contributed by atoms with van der Waals surface area (Å²) < 4.78 is 27.8. The second-order valence-electron chi connectivity index (χ2n) is 6.78. The van der Waals surface area contributed by atoms with E-state index in [1.807, 2.05) is 5.38 Å². The largest absolute Gasteiger partial charge is 0.325 e.